The van der Waals surface area contributed by atoms with Gasteiger partial charge >= 0.3 is 0 Å². The maximum atomic E-state index is 5.99. The molecule has 4 heteroatoms. The molecule has 2 saturated heterocycles. The van der Waals surface area contributed by atoms with Gasteiger partial charge in [0.2, 0.25) is 0 Å². The SMILES string of the molecule is CN1CCN(C(CN)C2CCNCC2)CC1. The van der Waals surface area contributed by atoms with Crippen LogP contribution in [0.3, 0.4) is 0 Å². The van der Waals surface area contributed by atoms with Crippen LogP contribution >= 0.6 is 0 Å². The molecular weight excluding hydrogens is 200 g/mol. The molecule has 0 aromatic heterocycles. The maximum absolute atomic E-state index is 5.99. The average molecular weight is 226 g/mol. The lowest BCUT2D eigenvalue weighted by Gasteiger charge is -2.42. The van der Waals surface area contributed by atoms with E-state index in [0.29, 0.717) is 6.04 Å². The van der Waals surface area contributed by atoms with Crippen molar-refractivity contribution >= 4 is 0 Å². The molecule has 2 fully saturated rings. The van der Waals surface area contributed by atoms with E-state index in [1.54, 1.807) is 0 Å². The first kappa shape index (κ1) is 12.3. The number of piperazine rings is 1. The summed E-state index contributed by atoms with van der Waals surface area (Å²) in [4.78, 5) is 5.03. The lowest BCUT2D eigenvalue weighted by atomic mass is 9.89. The number of rotatable bonds is 3. The van der Waals surface area contributed by atoms with Gasteiger partial charge < -0.3 is 16.0 Å². The van der Waals surface area contributed by atoms with Crippen LogP contribution in [0, 0.1) is 5.92 Å². The fourth-order valence-corrected chi connectivity index (χ4v) is 3.02. The Morgan fingerprint density at radius 3 is 2.38 bits per heavy atom. The Labute approximate surface area is 99.2 Å². The minimum absolute atomic E-state index is 0.621. The van der Waals surface area contributed by atoms with Crippen molar-refractivity contribution in [2.45, 2.75) is 18.9 Å². The molecule has 0 amide bonds. The van der Waals surface area contributed by atoms with Crippen molar-refractivity contribution in [2.24, 2.45) is 11.7 Å². The van der Waals surface area contributed by atoms with Crippen LogP contribution in [0.15, 0.2) is 0 Å². The highest BCUT2D eigenvalue weighted by atomic mass is 15.3. The van der Waals surface area contributed by atoms with Gasteiger partial charge in [-0.1, -0.05) is 0 Å². The van der Waals surface area contributed by atoms with Crippen molar-refractivity contribution < 1.29 is 0 Å². The number of nitrogens with two attached hydrogens (primary N) is 1. The van der Waals surface area contributed by atoms with Gasteiger partial charge in [-0.05, 0) is 38.9 Å². The molecule has 0 spiro atoms. The van der Waals surface area contributed by atoms with E-state index in [9.17, 15) is 0 Å². The van der Waals surface area contributed by atoms with Crippen molar-refractivity contribution in [2.75, 3.05) is 52.9 Å². The molecule has 94 valence electrons. The highest BCUT2D eigenvalue weighted by Crippen LogP contribution is 2.21. The van der Waals surface area contributed by atoms with E-state index in [1.807, 2.05) is 0 Å². The molecule has 16 heavy (non-hydrogen) atoms. The van der Waals surface area contributed by atoms with Gasteiger partial charge in [0.15, 0.2) is 0 Å². The number of hydrogen-bond donors (Lipinski definition) is 2. The van der Waals surface area contributed by atoms with E-state index >= 15 is 0 Å². The molecule has 2 heterocycles. The number of nitrogens with one attached hydrogen (secondary N) is 1. The Hall–Kier alpha value is -0.160. The predicted molar refractivity (Wildman–Crippen MR) is 67.5 cm³/mol. The first-order valence-electron chi connectivity index (χ1n) is 6.64. The second-order valence-corrected chi connectivity index (χ2v) is 5.23. The lowest BCUT2D eigenvalue weighted by molar-refractivity contribution is 0.0740. The van der Waals surface area contributed by atoms with Gasteiger partial charge in [0, 0.05) is 38.8 Å². The van der Waals surface area contributed by atoms with Gasteiger partial charge in [-0.3, -0.25) is 4.90 Å². The highest BCUT2D eigenvalue weighted by Gasteiger charge is 2.29. The lowest BCUT2D eigenvalue weighted by Crippen LogP contribution is -2.55. The van der Waals surface area contributed by atoms with E-state index in [4.69, 9.17) is 5.73 Å². The third-order valence-corrected chi connectivity index (χ3v) is 4.18. The molecule has 0 bridgehead atoms. The second kappa shape index (κ2) is 5.96. The predicted octanol–water partition coefficient (Wildman–Crippen LogP) is -0.439. The maximum Gasteiger partial charge on any atom is 0.0248 e. The Bertz CT molecular complexity index is 195. The highest BCUT2D eigenvalue weighted by molar-refractivity contribution is 4.86. The van der Waals surface area contributed by atoms with Gasteiger partial charge in [0.1, 0.15) is 0 Å². The fourth-order valence-electron chi connectivity index (χ4n) is 3.02. The van der Waals surface area contributed by atoms with E-state index < -0.39 is 0 Å². The normalized spacial score (nSPS) is 28.1. The third kappa shape index (κ3) is 2.94. The van der Waals surface area contributed by atoms with Gasteiger partial charge in [0.05, 0.1) is 0 Å². The van der Waals surface area contributed by atoms with Crippen LogP contribution in [0.25, 0.3) is 0 Å². The monoisotopic (exact) mass is 226 g/mol. The molecule has 1 atom stereocenters. The van der Waals surface area contributed by atoms with Crippen LogP contribution in [0.4, 0.5) is 0 Å². The van der Waals surface area contributed by atoms with Crippen LogP contribution in [0.1, 0.15) is 12.8 Å². The van der Waals surface area contributed by atoms with Gasteiger partial charge in [-0.2, -0.15) is 0 Å². The zero-order valence-electron chi connectivity index (χ0n) is 10.5. The number of likely N-dealkylation sites (N-methyl/N-ethyl adjacent to an activating group) is 1. The van der Waals surface area contributed by atoms with Crippen LogP contribution in [-0.2, 0) is 0 Å². The minimum Gasteiger partial charge on any atom is -0.329 e. The smallest absolute Gasteiger partial charge is 0.0248 e. The molecule has 2 aliphatic rings. The molecule has 1 unspecified atom stereocenters. The third-order valence-electron chi connectivity index (χ3n) is 4.18. The van der Waals surface area contributed by atoms with Crippen molar-refractivity contribution in [1.82, 2.24) is 15.1 Å². The van der Waals surface area contributed by atoms with Crippen LogP contribution in [0.5, 0.6) is 0 Å². The van der Waals surface area contributed by atoms with Crippen molar-refractivity contribution in [1.29, 1.82) is 0 Å². The summed E-state index contributed by atoms with van der Waals surface area (Å²) in [5.74, 6) is 0.814. The molecule has 0 saturated carbocycles. The minimum atomic E-state index is 0.621. The summed E-state index contributed by atoms with van der Waals surface area (Å²) < 4.78 is 0. The first-order chi connectivity index (χ1) is 7.81. The van der Waals surface area contributed by atoms with Gasteiger partial charge in [0.25, 0.3) is 0 Å². The topological polar surface area (TPSA) is 44.5 Å². The average Bonchev–Trinajstić information content (AvgIpc) is 2.34. The van der Waals surface area contributed by atoms with Crippen LogP contribution in [0.2, 0.25) is 0 Å². The second-order valence-electron chi connectivity index (χ2n) is 5.23. The summed E-state index contributed by atoms with van der Waals surface area (Å²) >= 11 is 0. The summed E-state index contributed by atoms with van der Waals surface area (Å²) in [5.41, 5.74) is 5.99. The zero-order chi connectivity index (χ0) is 11.4. The molecule has 3 N–H and O–H groups in total. The zero-order valence-corrected chi connectivity index (χ0v) is 10.5. The number of nitrogens with zero attached hydrogens (tertiary/aromatic N) is 2. The van der Waals surface area contributed by atoms with E-state index in [0.717, 1.165) is 12.5 Å². The molecule has 4 nitrogen and oxygen atoms in total. The van der Waals surface area contributed by atoms with E-state index in [1.165, 1.54) is 52.1 Å². The molecular formula is C12H26N4. The van der Waals surface area contributed by atoms with E-state index in [-0.39, 0.29) is 0 Å². The molecule has 0 aliphatic carbocycles. The largest absolute Gasteiger partial charge is 0.329 e. The number of hydrogen-bond acceptors (Lipinski definition) is 4. The molecule has 0 radical (unpaired) electrons. The molecule has 0 aromatic rings. The Morgan fingerprint density at radius 1 is 1.19 bits per heavy atom. The van der Waals surface area contributed by atoms with Gasteiger partial charge in [-0.15, -0.1) is 0 Å². The van der Waals surface area contributed by atoms with Crippen molar-refractivity contribution in [3.8, 4) is 0 Å². The standard InChI is InChI=1S/C12H26N4/c1-15-6-8-16(9-7-15)12(10-13)11-2-4-14-5-3-11/h11-12,14H,2-10,13H2,1H3. The molecule has 2 rings (SSSR count). The summed E-state index contributed by atoms with van der Waals surface area (Å²) in [6.07, 6.45) is 2.60. The summed E-state index contributed by atoms with van der Waals surface area (Å²) in [7, 11) is 2.21. The van der Waals surface area contributed by atoms with E-state index in [2.05, 4.69) is 22.2 Å². The fraction of sp³-hybridized carbons (Fsp3) is 1.00. The Morgan fingerprint density at radius 2 is 1.81 bits per heavy atom. The number of piperidine rings is 1. The van der Waals surface area contributed by atoms with Crippen LogP contribution < -0.4 is 11.1 Å². The first-order valence-corrected chi connectivity index (χ1v) is 6.64. The van der Waals surface area contributed by atoms with Crippen LogP contribution in [-0.4, -0.2) is 68.7 Å². The Balaban J connectivity index is 1.88. The summed E-state index contributed by atoms with van der Waals surface area (Å²) in [6.45, 7) is 7.96. The molecule has 0 aromatic carbocycles. The van der Waals surface area contributed by atoms with Crippen molar-refractivity contribution in [3.05, 3.63) is 0 Å². The quantitative estimate of drug-likeness (QED) is 0.685. The molecule has 2 aliphatic heterocycles. The van der Waals surface area contributed by atoms with Crippen molar-refractivity contribution in [3.63, 3.8) is 0 Å². The summed E-state index contributed by atoms with van der Waals surface area (Å²) in [5, 5.41) is 3.44. The van der Waals surface area contributed by atoms with Gasteiger partial charge in [-0.25, -0.2) is 0 Å². The summed E-state index contributed by atoms with van der Waals surface area (Å²) in [6, 6.07) is 0.621. The Kier molecular flexibility index (Phi) is 4.58.